The Bertz CT molecular complexity index is 1320. The summed E-state index contributed by atoms with van der Waals surface area (Å²) in [6.45, 7) is 0.400. The van der Waals surface area contributed by atoms with Gasteiger partial charge in [0.2, 0.25) is 0 Å². The first-order valence-corrected chi connectivity index (χ1v) is 9.24. The van der Waals surface area contributed by atoms with Crippen LogP contribution in [0.2, 0.25) is 0 Å². The van der Waals surface area contributed by atoms with E-state index in [-0.39, 0.29) is 5.56 Å². The SMILES string of the molecule is N#Cc1ccc(Cn2cnc3ccc(C#CCc4ccccc4)cc3c2=O)cc1. The first kappa shape index (κ1) is 18.2. The third kappa shape index (κ3) is 4.24. The topological polar surface area (TPSA) is 58.7 Å². The Hall–Kier alpha value is -4.15. The van der Waals surface area contributed by atoms with Gasteiger partial charge in [0.25, 0.3) is 5.56 Å². The normalized spacial score (nSPS) is 10.2. The van der Waals surface area contributed by atoms with Gasteiger partial charge in [-0.25, -0.2) is 4.98 Å². The zero-order chi connectivity index (χ0) is 20.1. The molecular formula is C25H17N3O. The lowest BCUT2D eigenvalue weighted by Crippen LogP contribution is -2.21. The Morgan fingerprint density at radius 1 is 0.897 bits per heavy atom. The molecule has 0 unspecified atom stereocenters. The van der Waals surface area contributed by atoms with E-state index in [4.69, 9.17) is 5.26 Å². The molecular weight excluding hydrogens is 358 g/mol. The van der Waals surface area contributed by atoms with Gasteiger partial charge in [0.15, 0.2) is 0 Å². The molecule has 0 amide bonds. The van der Waals surface area contributed by atoms with Crippen LogP contribution < -0.4 is 5.56 Å². The van der Waals surface area contributed by atoms with Gasteiger partial charge in [-0.2, -0.15) is 5.26 Å². The van der Waals surface area contributed by atoms with Gasteiger partial charge >= 0.3 is 0 Å². The minimum absolute atomic E-state index is 0.105. The molecule has 0 aliphatic heterocycles. The predicted octanol–water partition coefficient (Wildman–Crippen LogP) is 3.91. The molecule has 0 saturated carbocycles. The van der Waals surface area contributed by atoms with Crippen molar-refractivity contribution in [3.05, 3.63) is 112 Å². The summed E-state index contributed by atoms with van der Waals surface area (Å²) in [6, 6.07) is 24.9. The molecule has 0 aliphatic carbocycles. The predicted molar refractivity (Wildman–Crippen MR) is 113 cm³/mol. The van der Waals surface area contributed by atoms with Gasteiger partial charge in [-0.3, -0.25) is 9.36 Å². The number of nitrogens with zero attached hydrogens (tertiary/aromatic N) is 3. The van der Waals surface area contributed by atoms with E-state index in [1.54, 1.807) is 29.1 Å². The molecule has 0 N–H and O–H groups in total. The third-order valence-electron chi connectivity index (χ3n) is 4.63. The molecule has 0 aliphatic rings. The van der Waals surface area contributed by atoms with Crippen molar-refractivity contribution in [3.8, 4) is 17.9 Å². The van der Waals surface area contributed by atoms with Crippen LogP contribution in [0.15, 0.2) is 83.9 Å². The Morgan fingerprint density at radius 2 is 1.66 bits per heavy atom. The second-order valence-corrected chi connectivity index (χ2v) is 6.68. The summed E-state index contributed by atoms with van der Waals surface area (Å²) in [4.78, 5) is 17.3. The number of hydrogen-bond donors (Lipinski definition) is 0. The van der Waals surface area contributed by atoms with Gasteiger partial charge in [-0.15, -0.1) is 0 Å². The quantitative estimate of drug-likeness (QED) is 0.510. The van der Waals surface area contributed by atoms with Crippen molar-refractivity contribution in [1.82, 2.24) is 9.55 Å². The molecule has 1 aromatic heterocycles. The molecule has 0 spiro atoms. The summed E-state index contributed by atoms with van der Waals surface area (Å²) < 4.78 is 1.57. The molecule has 0 saturated heterocycles. The maximum atomic E-state index is 12.9. The van der Waals surface area contributed by atoms with Crippen molar-refractivity contribution in [2.24, 2.45) is 0 Å². The second-order valence-electron chi connectivity index (χ2n) is 6.68. The van der Waals surface area contributed by atoms with Crippen LogP contribution in [0.3, 0.4) is 0 Å². The number of fused-ring (bicyclic) bond motifs is 1. The van der Waals surface area contributed by atoms with Gasteiger partial charge in [-0.1, -0.05) is 54.3 Å². The Labute approximate surface area is 168 Å². The summed E-state index contributed by atoms with van der Waals surface area (Å²) >= 11 is 0. The van der Waals surface area contributed by atoms with Gasteiger partial charge in [0.05, 0.1) is 35.4 Å². The maximum Gasteiger partial charge on any atom is 0.261 e. The molecule has 4 nitrogen and oxygen atoms in total. The van der Waals surface area contributed by atoms with Crippen molar-refractivity contribution in [2.45, 2.75) is 13.0 Å². The average Bonchev–Trinajstić information content (AvgIpc) is 2.77. The van der Waals surface area contributed by atoms with E-state index in [2.05, 4.69) is 22.9 Å². The van der Waals surface area contributed by atoms with Crippen LogP contribution >= 0.6 is 0 Å². The van der Waals surface area contributed by atoms with E-state index < -0.39 is 0 Å². The lowest BCUT2D eigenvalue weighted by atomic mass is 10.1. The molecule has 0 atom stereocenters. The number of rotatable bonds is 3. The minimum Gasteiger partial charge on any atom is -0.294 e. The fourth-order valence-electron chi connectivity index (χ4n) is 3.07. The number of nitriles is 1. The molecule has 0 fully saturated rings. The Balaban J connectivity index is 1.61. The van der Waals surface area contributed by atoms with E-state index in [9.17, 15) is 4.79 Å². The minimum atomic E-state index is -0.105. The zero-order valence-corrected chi connectivity index (χ0v) is 15.7. The van der Waals surface area contributed by atoms with E-state index in [1.807, 2.05) is 54.6 Å². The van der Waals surface area contributed by atoms with E-state index in [0.717, 1.165) is 16.7 Å². The smallest absolute Gasteiger partial charge is 0.261 e. The Morgan fingerprint density at radius 3 is 2.41 bits per heavy atom. The summed E-state index contributed by atoms with van der Waals surface area (Å²) in [5, 5.41) is 9.46. The van der Waals surface area contributed by atoms with Gasteiger partial charge in [0.1, 0.15) is 0 Å². The number of aromatic nitrogens is 2. The van der Waals surface area contributed by atoms with Crippen molar-refractivity contribution in [3.63, 3.8) is 0 Å². The summed E-state index contributed by atoms with van der Waals surface area (Å²) in [5.41, 5.74) is 4.03. The fraction of sp³-hybridized carbons (Fsp3) is 0.0800. The van der Waals surface area contributed by atoms with E-state index in [1.165, 1.54) is 0 Å². The van der Waals surface area contributed by atoms with Gasteiger partial charge in [0, 0.05) is 12.0 Å². The van der Waals surface area contributed by atoms with Gasteiger partial charge in [-0.05, 0) is 41.5 Å². The largest absolute Gasteiger partial charge is 0.294 e. The molecule has 1 heterocycles. The summed E-state index contributed by atoms with van der Waals surface area (Å²) in [7, 11) is 0. The van der Waals surface area contributed by atoms with Crippen molar-refractivity contribution < 1.29 is 0 Å². The van der Waals surface area contributed by atoms with Crippen LogP contribution in [0.4, 0.5) is 0 Å². The highest BCUT2D eigenvalue weighted by atomic mass is 16.1. The molecule has 4 heteroatoms. The van der Waals surface area contributed by atoms with E-state index >= 15 is 0 Å². The van der Waals surface area contributed by atoms with Crippen molar-refractivity contribution >= 4 is 10.9 Å². The lowest BCUT2D eigenvalue weighted by molar-refractivity contribution is 0.748. The average molecular weight is 375 g/mol. The molecule has 0 radical (unpaired) electrons. The number of benzene rings is 3. The number of hydrogen-bond acceptors (Lipinski definition) is 3. The molecule has 3 aromatic carbocycles. The molecule has 29 heavy (non-hydrogen) atoms. The van der Waals surface area contributed by atoms with E-state index in [0.29, 0.717) is 29.4 Å². The summed E-state index contributed by atoms with van der Waals surface area (Å²) in [5.74, 6) is 6.30. The molecule has 0 bridgehead atoms. The van der Waals surface area contributed by atoms with Crippen LogP contribution in [0, 0.1) is 23.2 Å². The first-order chi connectivity index (χ1) is 14.2. The van der Waals surface area contributed by atoms with Crippen LogP contribution in [-0.2, 0) is 13.0 Å². The lowest BCUT2D eigenvalue weighted by Gasteiger charge is -2.07. The van der Waals surface area contributed by atoms with Gasteiger partial charge < -0.3 is 0 Å². The second kappa shape index (κ2) is 8.25. The highest BCUT2D eigenvalue weighted by Crippen LogP contribution is 2.11. The zero-order valence-electron chi connectivity index (χ0n) is 15.7. The highest BCUT2D eigenvalue weighted by Gasteiger charge is 2.06. The van der Waals surface area contributed by atoms with Crippen molar-refractivity contribution in [2.75, 3.05) is 0 Å². The highest BCUT2D eigenvalue weighted by molar-refractivity contribution is 5.79. The Kier molecular flexibility index (Phi) is 5.18. The maximum absolute atomic E-state index is 12.9. The monoisotopic (exact) mass is 375 g/mol. The molecule has 4 aromatic rings. The standard InChI is InChI=1S/C25H17N3O/c26-16-21-9-11-22(12-10-21)17-28-18-27-24-14-13-20(15-23(24)25(28)29)8-4-7-19-5-2-1-3-6-19/h1-3,5-6,9-15,18H,7,17H2. The summed E-state index contributed by atoms with van der Waals surface area (Å²) in [6.07, 6.45) is 2.22. The van der Waals surface area contributed by atoms with Crippen LogP contribution in [-0.4, -0.2) is 9.55 Å². The third-order valence-corrected chi connectivity index (χ3v) is 4.63. The molecule has 138 valence electrons. The van der Waals surface area contributed by atoms with Crippen molar-refractivity contribution in [1.29, 1.82) is 5.26 Å². The first-order valence-electron chi connectivity index (χ1n) is 9.24. The molecule has 4 rings (SSSR count). The fourth-order valence-corrected chi connectivity index (χ4v) is 3.07. The van der Waals surface area contributed by atoms with Crippen LogP contribution in [0.1, 0.15) is 22.3 Å². The van der Waals surface area contributed by atoms with Crippen LogP contribution in [0.25, 0.3) is 10.9 Å². The van der Waals surface area contributed by atoms with Crippen LogP contribution in [0.5, 0.6) is 0 Å².